The van der Waals surface area contributed by atoms with Crippen molar-refractivity contribution in [2.45, 2.75) is 13.5 Å². The fourth-order valence-electron chi connectivity index (χ4n) is 2.21. The molecule has 0 aliphatic carbocycles. The van der Waals surface area contributed by atoms with Crippen LogP contribution in [-0.4, -0.2) is 10.9 Å². The Morgan fingerprint density at radius 3 is 2.73 bits per heavy atom. The van der Waals surface area contributed by atoms with Crippen LogP contribution >= 0.6 is 11.3 Å². The molecule has 110 valence electrons. The van der Waals surface area contributed by atoms with Crippen molar-refractivity contribution >= 4 is 17.2 Å². The Morgan fingerprint density at radius 1 is 1.18 bits per heavy atom. The predicted octanol–water partition coefficient (Wildman–Crippen LogP) is 4.05. The zero-order chi connectivity index (χ0) is 15.4. The Kier molecular flexibility index (Phi) is 4.30. The highest BCUT2D eigenvalue weighted by molar-refractivity contribution is 7.12. The van der Waals surface area contributed by atoms with Gasteiger partial charge in [0.25, 0.3) is 5.91 Å². The first kappa shape index (κ1) is 14.5. The normalized spacial score (nSPS) is 10.4. The number of hydrogen-bond acceptors (Lipinski definition) is 3. The van der Waals surface area contributed by atoms with Crippen LogP contribution in [0.2, 0.25) is 0 Å². The Morgan fingerprint density at radius 2 is 2.00 bits per heavy atom. The second-order valence-electron chi connectivity index (χ2n) is 5.07. The number of nitrogens with one attached hydrogen (secondary N) is 1. The number of pyridine rings is 1. The van der Waals surface area contributed by atoms with E-state index in [1.54, 1.807) is 12.4 Å². The van der Waals surface area contributed by atoms with Crippen molar-refractivity contribution < 1.29 is 4.79 Å². The monoisotopic (exact) mass is 308 g/mol. The van der Waals surface area contributed by atoms with Crippen molar-refractivity contribution in [1.82, 2.24) is 10.3 Å². The van der Waals surface area contributed by atoms with E-state index in [9.17, 15) is 4.79 Å². The third kappa shape index (κ3) is 3.23. The van der Waals surface area contributed by atoms with Crippen LogP contribution in [0.15, 0.2) is 60.2 Å². The third-order valence-electron chi connectivity index (χ3n) is 3.41. The number of hydrogen-bond donors (Lipinski definition) is 1. The van der Waals surface area contributed by atoms with E-state index in [2.05, 4.69) is 41.5 Å². The molecule has 0 radical (unpaired) electrons. The minimum Gasteiger partial charge on any atom is -0.347 e. The molecule has 3 aromatic rings. The van der Waals surface area contributed by atoms with Gasteiger partial charge in [0.1, 0.15) is 0 Å². The Hall–Kier alpha value is -2.46. The first-order chi connectivity index (χ1) is 10.7. The molecule has 1 N–H and O–H groups in total. The predicted molar refractivity (Wildman–Crippen MR) is 89.9 cm³/mol. The molecule has 0 fully saturated rings. The molecule has 2 aromatic heterocycles. The van der Waals surface area contributed by atoms with Gasteiger partial charge in [-0.05, 0) is 35.6 Å². The van der Waals surface area contributed by atoms with Crippen molar-refractivity contribution in [3.05, 3.63) is 76.2 Å². The number of aromatic nitrogens is 1. The van der Waals surface area contributed by atoms with Crippen LogP contribution < -0.4 is 5.32 Å². The number of rotatable bonds is 4. The van der Waals surface area contributed by atoms with E-state index in [0.29, 0.717) is 6.54 Å². The third-order valence-corrected chi connectivity index (χ3v) is 4.32. The quantitative estimate of drug-likeness (QED) is 0.790. The number of carbonyl (C=O) groups is 1. The average molecular weight is 308 g/mol. The summed E-state index contributed by atoms with van der Waals surface area (Å²) in [6, 6.07) is 14.0. The summed E-state index contributed by atoms with van der Waals surface area (Å²) >= 11 is 1.46. The Labute approximate surface area is 133 Å². The van der Waals surface area contributed by atoms with Crippen molar-refractivity contribution in [1.29, 1.82) is 0 Å². The average Bonchev–Trinajstić information content (AvgIpc) is 3.04. The lowest BCUT2D eigenvalue weighted by atomic mass is 10.0. The molecule has 2 heterocycles. The van der Waals surface area contributed by atoms with Crippen molar-refractivity contribution in [3.63, 3.8) is 0 Å². The van der Waals surface area contributed by atoms with Gasteiger partial charge in [-0.15, -0.1) is 11.3 Å². The molecule has 22 heavy (non-hydrogen) atoms. The van der Waals surface area contributed by atoms with Crippen LogP contribution in [0.1, 0.15) is 20.8 Å². The molecular formula is C18H16N2OS. The molecule has 0 atom stereocenters. The Bertz CT molecular complexity index is 763. The summed E-state index contributed by atoms with van der Waals surface area (Å²) in [4.78, 5) is 17.2. The largest absolute Gasteiger partial charge is 0.347 e. The first-order valence-corrected chi connectivity index (χ1v) is 7.93. The van der Waals surface area contributed by atoms with Gasteiger partial charge in [-0.2, -0.15) is 0 Å². The van der Waals surface area contributed by atoms with E-state index in [1.165, 1.54) is 16.9 Å². The molecule has 0 saturated carbocycles. The lowest BCUT2D eigenvalue weighted by molar-refractivity contribution is 0.0955. The lowest BCUT2D eigenvalue weighted by Crippen LogP contribution is -2.22. The first-order valence-electron chi connectivity index (χ1n) is 7.05. The standard InChI is InChI=1S/C18H16N2OS/c1-13-4-6-15(7-5-13)16-8-10-22-17(16)18(21)20-12-14-3-2-9-19-11-14/h2-11H,12H2,1H3,(H,20,21). The summed E-state index contributed by atoms with van der Waals surface area (Å²) in [6.45, 7) is 2.54. The number of benzene rings is 1. The molecule has 1 amide bonds. The molecule has 3 nitrogen and oxygen atoms in total. The van der Waals surface area contributed by atoms with Gasteiger partial charge in [0.15, 0.2) is 0 Å². The number of aryl methyl sites for hydroxylation is 1. The fourth-order valence-corrected chi connectivity index (χ4v) is 3.04. The lowest BCUT2D eigenvalue weighted by Gasteiger charge is -2.06. The van der Waals surface area contributed by atoms with Gasteiger partial charge >= 0.3 is 0 Å². The fraction of sp³-hybridized carbons (Fsp3) is 0.111. The molecule has 0 spiro atoms. The van der Waals surface area contributed by atoms with Gasteiger partial charge < -0.3 is 5.32 Å². The van der Waals surface area contributed by atoms with Crippen LogP contribution in [0.25, 0.3) is 11.1 Å². The number of nitrogens with zero attached hydrogens (tertiary/aromatic N) is 1. The van der Waals surface area contributed by atoms with Crippen molar-refractivity contribution in [2.75, 3.05) is 0 Å². The zero-order valence-electron chi connectivity index (χ0n) is 12.2. The highest BCUT2D eigenvalue weighted by Crippen LogP contribution is 2.28. The van der Waals surface area contributed by atoms with E-state index in [1.807, 2.05) is 23.6 Å². The molecule has 0 aliphatic heterocycles. The van der Waals surface area contributed by atoms with Gasteiger partial charge in [0.2, 0.25) is 0 Å². The van der Waals surface area contributed by atoms with Crippen molar-refractivity contribution in [2.24, 2.45) is 0 Å². The second kappa shape index (κ2) is 6.54. The van der Waals surface area contributed by atoms with Crippen LogP contribution in [-0.2, 0) is 6.54 Å². The highest BCUT2D eigenvalue weighted by atomic mass is 32.1. The topological polar surface area (TPSA) is 42.0 Å². The van der Waals surface area contributed by atoms with E-state index in [0.717, 1.165) is 21.6 Å². The van der Waals surface area contributed by atoms with Gasteiger partial charge in [-0.25, -0.2) is 0 Å². The molecule has 1 aromatic carbocycles. The molecule has 3 rings (SSSR count). The summed E-state index contributed by atoms with van der Waals surface area (Å²) in [5.41, 5.74) is 4.25. The summed E-state index contributed by atoms with van der Waals surface area (Å²) in [7, 11) is 0. The smallest absolute Gasteiger partial charge is 0.262 e. The number of amides is 1. The SMILES string of the molecule is Cc1ccc(-c2ccsc2C(=O)NCc2cccnc2)cc1. The maximum Gasteiger partial charge on any atom is 0.262 e. The highest BCUT2D eigenvalue weighted by Gasteiger charge is 2.14. The van der Waals surface area contributed by atoms with Gasteiger partial charge in [0, 0.05) is 24.5 Å². The van der Waals surface area contributed by atoms with Crippen LogP contribution in [0.5, 0.6) is 0 Å². The molecule has 0 aliphatic rings. The summed E-state index contributed by atoms with van der Waals surface area (Å²) in [5, 5.41) is 4.91. The molecule has 0 bridgehead atoms. The van der Waals surface area contributed by atoms with Crippen molar-refractivity contribution in [3.8, 4) is 11.1 Å². The summed E-state index contributed by atoms with van der Waals surface area (Å²) in [5.74, 6) is -0.0468. The van der Waals surface area contributed by atoms with E-state index >= 15 is 0 Å². The second-order valence-corrected chi connectivity index (χ2v) is 5.99. The summed E-state index contributed by atoms with van der Waals surface area (Å²) in [6.07, 6.45) is 3.48. The molecular weight excluding hydrogens is 292 g/mol. The minimum absolute atomic E-state index is 0.0468. The molecule has 0 saturated heterocycles. The summed E-state index contributed by atoms with van der Waals surface area (Å²) < 4.78 is 0. The van der Waals surface area contributed by atoms with Crippen LogP contribution in [0.4, 0.5) is 0 Å². The number of carbonyl (C=O) groups excluding carboxylic acids is 1. The van der Waals surface area contributed by atoms with E-state index in [-0.39, 0.29) is 5.91 Å². The van der Waals surface area contributed by atoms with Crippen LogP contribution in [0, 0.1) is 6.92 Å². The maximum absolute atomic E-state index is 12.4. The van der Waals surface area contributed by atoms with E-state index in [4.69, 9.17) is 0 Å². The molecule has 0 unspecified atom stereocenters. The molecule has 4 heteroatoms. The Balaban J connectivity index is 1.76. The zero-order valence-corrected chi connectivity index (χ0v) is 13.1. The van der Waals surface area contributed by atoms with Crippen LogP contribution in [0.3, 0.4) is 0 Å². The minimum atomic E-state index is -0.0468. The number of thiophene rings is 1. The maximum atomic E-state index is 12.4. The van der Waals surface area contributed by atoms with Gasteiger partial charge in [0.05, 0.1) is 4.88 Å². The van der Waals surface area contributed by atoms with Gasteiger partial charge in [-0.3, -0.25) is 9.78 Å². The van der Waals surface area contributed by atoms with Gasteiger partial charge in [-0.1, -0.05) is 35.9 Å². The van der Waals surface area contributed by atoms with E-state index < -0.39 is 0 Å².